The van der Waals surface area contributed by atoms with Gasteiger partial charge in [0.05, 0.1) is 0 Å². The van der Waals surface area contributed by atoms with Gasteiger partial charge in [0.2, 0.25) is 0 Å². The largest absolute Gasteiger partial charge is 0.314 e. The summed E-state index contributed by atoms with van der Waals surface area (Å²) in [6, 6.07) is 3.06. The van der Waals surface area contributed by atoms with Crippen molar-refractivity contribution >= 4 is 27.3 Å². The number of rotatable bonds is 5. The Bertz CT molecular complexity index is 366. The first kappa shape index (κ1) is 12.6. The van der Waals surface area contributed by atoms with Gasteiger partial charge in [0, 0.05) is 25.7 Å². The van der Waals surface area contributed by atoms with Crippen molar-refractivity contribution in [1.29, 1.82) is 0 Å². The molecular formula is C13H20BrNS. The molecule has 1 aromatic heterocycles. The van der Waals surface area contributed by atoms with Crippen LogP contribution < -0.4 is 5.32 Å². The molecular weight excluding hydrogens is 282 g/mol. The molecule has 1 N–H and O–H groups in total. The molecule has 16 heavy (non-hydrogen) atoms. The fourth-order valence-corrected chi connectivity index (χ4v) is 4.24. The van der Waals surface area contributed by atoms with Crippen LogP contribution in [0.15, 0.2) is 10.5 Å². The van der Waals surface area contributed by atoms with Gasteiger partial charge in [0.15, 0.2) is 0 Å². The minimum absolute atomic E-state index is 0.277. The third kappa shape index (κ3) is 3.08. The van der Waals surface area contributed by atoms with E-state index in [4.69, 9.17) is 0 Å². The molecule has 1 nitrogen and oxygen atoms in total. The first-order valence-electron chi connectivity index (χ1n) is 5.99. The van der Waals surface area contributed by atoms with Crippen molar-refractivity contribution in [3.8, 4) is 0 Å². The van der Waals surface area contributed by atoms with Gasteiger partial charge < -0.3 is 5.32 Å². The van der Waals surface area contributed by atoms with Crippen molar-refractivity contribution in [2.45, 2.75) is 51.5 Å². The first-order chi connectivity index (χ1) is 7.49. The van der Waals surface area contributed by atoms with E-state index in [2.05, 4.69) is 48.1 Å². The Morgan fingerprint density at radius 3 is 2.69 bits per heavy atom. The summed E-state index contributed by atoms with van der Waals surface area (Å²) in [6.07, 6.45) is 3.96. The number of hydrogen-bond donors (Lipinski definition) is 1. The van der Waals surface area contributed by atoms with E-state index < -0.39 is 0 Å². The number of thiophene rings is 1. The Morgan fingerprint density at radius 1 is 1.50 bits per heavy atom. The van der Waals surface area contributed by atoms with Crippen LogP contribution in [0, 0.1) is 6.92 Å². The lowest BCUT2D eigenvalue weighted by Crippen LogP contribution is -2.26. The van der Waals surface area contributed by atoms with Gasteiger partial charge in [-0.1, -0.05) is 13.8 Å². The van der Waals surface area contributed by atoms with E-state index in [0.717, 1.165) is 12.6 Å². The number of halogens is 1. The Labute approximate surface area is 111 Å². The van der Waals surface area contributed by atoms with Gasteiger partial charge in [-0.05, 0) is 54.7 Å². The zero-order chi connectivity index (χ0) is 11.8. The van der Waals surface area contributed by atoms with Crippen LogP contribution in [-0.2, 0) is 5.41 Å². The zero-order valence-electron chi connectivity index (χ0n) is 10.3. The van der Waals surface area contributed by atoms with Gasteiger partial charge in [0.25, 0.3) is 0 Å². The molecule has 1 saturated carbocycles. The summed E-state index contributed by atoms with van der Waals surface area (Å²) < 4.78 is 1.28. The zero-order valence-corrected chi connectivity index (χ0v) is 12.7. The molecule has 0 amide bonds. The van der Waals surface area contributed by atoms with Crippen LogP contribution in [0.2, 0.25) is 0 Å². The Morgan fingerprint density at radius 2 is 2.19 bits per heavy atom. The summed E-state index contributed by atoms with van der Waals surface area (Å²) in [6.45, 7) is 8.01. The summed E-state index contributed by atoms with van der Waals surface area (Å²) in [7, 11) is 0. The highest BCUT2D eigenvalue weighted by Crippen LogP contribution is 2.38. The number of hydrogen-bond acceptors (Lipinski definition) is 2. The summed E-state index contributed by atoms with van der Waals surface area (Å²) in [5, 5.41) is 3.60. The van der Waals surface area contributed by atoms with E-state index >= 15 is 0 Å². The van der Waals surface area contributed by atoms with Crippen molar-refractivity contribution in [2.75, 3.05) is 6.54 Å². The average molecular weight is 302 g/mol. The van der Waals surface area contributed by atoms with Gasteiger partial charge in [-0.15, -0.1) is 11.3 Å². The van der Waals surface area contributed by atoms with Crippen LogP contribution in [-0.4, -0.2) is 12.6 Å². The molecule has 2 rings (SSSR count). The molecule has 90 valence electrons. The molecule has 0 aliphatic heterocycles. The fourth-order valence-electron chi connectivity index (χ4n) is 1.93. The molecule has 0 aromatic carbocycles. The summed E-state index contributed by atoms with van der Waals surface area (Å²) >= 11 is 5.60. The lowest BCUT2D eigenvalue weighted by Gasteiger charge is -2.24. The van der Waals surface area contributed by atoms with Crippen LogP contribution in [0.4, 0.5) is 0 Å². The minimum Gasteiger partial charge on any atom is -0.314 e. The maximum Gasteiger partial charge on any atom is 0.0322 e. The lowest BCUT2D eigenvalue weighted by atomic mass is 9.87. The van der Waals surface area contributed by atoms with Gasteiger partial charge in [-0.3, -0.25) is 0 Å². The summed E-state index contributed by atoms with van der Waals surface area (Å²) in [5.74, 6) is 0. The van der Waals surface area contributed by atoms with Crippen LogP contribution in [0.25, 0.3) is 0 Å². The Balaban J connectivity index is 1.96. The monoisotopic (exact) mass is 301 g/mol. The van der Waals surface area contributed by atoms with Crippen molar-refractivity contribution < 1.29 is 0 Å². The second kappa shape index (κ2) is 4.79. The third-order valence-corrected chi connectivity index (χ3v) is 5.49. The van der Waals surface area contributed by atoms with Gasteiger partial charge in [-0.2, -0.15) is 0 Å². The van der Waals surface area contributed by atoms with Crippen molar-refractivity contribution in [2.24, 2.45) is 0 Å². The molecule has 1 aromatic rings. The predicted octanol–water partition coefficient (Wildman–Crippen LogP) is 4.24. The van der Waals surface area contributed by atoms with E-state index in [1.165, 1.54) is 33.5 Å². The molecule has 0 spiro atoms. The molecule has 1 fully saturated rings. The van der Waals surface area contributed by atoms with E-state index in [0.29, 0.717) is 0 Å². The van der Waals surface area contributed by atoms with Crippen molar-refractivity contribution in [1.82, 2.24) is 5.32 Å². The Hall–Kier alpha value is 0.140. The highest BCUT2D eigenvalue weighted by Gasteiger charge is 2.26. The molecule has 0 atom stereocenters. The summed E-state index contributed by atoms with van der Waals surface area (Å²) in [5.41, 5.74) is 0.277. The second-order valence-corrected chi connectivity index (χ2v) is 7.51. The van der Waals surface area contributed by atoms with E-state index in [9.17, 15) is 0 Å². The Kier molecular flexibility index (Phi) is 3.77. The molecule has 3 heteroatoms. The second-order valence-electron chi connectivity index (χ2n) is 5.40. The van der Waals surface area contributed by atoms with Crippen LogP contribution in [0.3, 0.4) is 0 Å². The van der Waals surface area contributed by atoms with Gasteiger partial charge in [0.1, 0.15) is 0 Å². The van der Waals surface area contributed by atoms with E-state index in [1.807, 2.05) is 11.3 Å². The fraction of sp³-hybridized carbons (Fsp3) is 0.692. The summed E-state index contributed by atoms with van der Waals surface area (Å²) in [4.78, 5) is 2.88. The molecule has 0 radical (unpaired) electrons. The maximum absolute atomic E-state index is 3.68. The van der Waals surface area contributed by atoms with Crippen LogP contribution >= 0.6 is 27.3 Å². The molecule has 1 heterocycles. The highest BCUT2D eigenvalue weighted by atomic mass is 79.9. The first-order valence-corrected chi connectivity index (χ1v) is 7.60. The lowest BCUT2D eigenvalue weighted by molar-refractivity contribution is 0.462. The standard InChI is InChI=1S/C13H20BrNS/c1-9-8-11(14)12(16-9)13(2,3)6-7-15-10-4-5-10/h8,10,15H,4-7H2,1-3H3. The molecule has 1 aliphatic carbocycles. The minimum atomic E-state index is 0.277. The number of nitrogens with one attached hydrogen (secondary N) is 1. The van der Waals surface area contributed by atoms with Crippen molar-refractivity contribution in [3.05, 3.63) is 20.3 Å². The maximum atomic E-state index is 3.68. The normalized spacial score (nSPS) is 16.8. The van der Waals surface area contributed by atoms with E-state index in [-0.39, 0.29) is 5.41 Å². The average Bonchev–Trinajstić information content (AvgIpc) is 2.91. The third-order valence-electron chi connectivity index (χ3n) is 3.18. The van der Waals surface area contributed by atoms with E-state index in [1.54, 1.807) is 0 Å². The molecule has 0 bridgehead atoms. The topological polar surface area (TPSA) is 12.0 Å². The van der Waals surface area contributed by atoms with Crippen LogP contribution in [0.5, 0.6) is 0 Å². The predicted molar refractivity (Wildman–Crippen MR) is 75.4 cm³/mol. The SMILES string of the molecule is Cc1cc(Br)c(C(C)(C)CCNC2CC2)s1. The number of aryl methyl sites for hydroxylation is 1. The van der Waals surface area contributed by atoms with Crippen molar-refractivity contribution in [3.63, 3.8) is 0 Å². The van der Waals surface area contributed by atoms with Crippen LogP contribution in [0.1, 0.15) is 42.9 Å². The highest BCUT2D eigenvalue weighted by molar-refractivity contribution is 9.10. The van der Waals surface area contributed by atoms with Gasteiger partial charge in [-0.25, -0.2) is 0 Å². The smallest absolute Gasteiger partial charge is 0.0322 e. The quantitative estimate of drug-likeness (QED) is 0.858. The molecule has 0 unspecified atom stereocenters. The molecule has 1 aliphatic rings. The van der Waals surface area contributed by atoms with Gasteiger partial charge >= 0.3 is 0 Å². The molecule has 0 saturated heterocycles.